The van der Waals surface area contributed by atoms with E-state index in [-0.39, 0.29) is 0 Å². The molecule has 0 aromatic carbocycles. The minimum atomic E-state index is -0.827. The van der Waals surface area contributed by atoms with Crippen LogP contribution in [0.1, 0.15) is 47.0 Å². The maximum Gasteiger partial charge on any atom is 0.330 e. The van der Waals surface area contributed by atoms with E-state index in [9.17, 15) is 9.59 Å². The second kappa shape index (κ2) is 10.2. The maximum atomic E-state index is 10.0. The molecular weight excluding hydrogens is 208 g/mol. The molecular formula is C12H22O4. The van der Waals surface area contributed by atoms with Crippen LogP contribution in [0.4, 0.5) is 0 Å². The SMILES string of the molecule is CCC(C)CC(=O)O.CCC=C(C)C(=O)O. The van der Waals surface area contributed by atoms with Gasteiger partial charge in [0.2, 0.25) is 0 Å². The molecule has 2 N–H and O–H groups in total. The Labute approximate surface area is 97.0 Å². The second-order valence-corrected chi connectivity index (χ2v) is 3.71. The summed E-state index contributed by atoms with van der Waals surface area (Å²) in [5.74, 6) is -1.20. The van der Waals surface area contributed by atoms with Gasteiger partial charge in [-0.05, 0) is 19.3 Å². The monoisotopic (exact) mass is 230 g/mol. The maximum absolute atomic E-state index is 10.0. The highest BCUT2D eigenvalue weighted by atomic mass is 16.4. The molecule has 0 fully saturated rings. The van der Waals surface area contributed by atoms with Gasteiger partial charge >= 0.3 is 11.9 Å². The van der Waals surface area contributed by atoms with Crippen molar-refractivity contribution < 1.29 is 19.8 Å². The number of aliphatic carboxylic acids is 2. The van der Waals surface area contributed by atoms with E-state index in [0.29, 0.717) is 17.9 Å². The Morgan fingerprint density at radius 1 is 1.25 bits per heavy atom. The van der Waals surface area contributed by atoms with Gasteiger partial charge in [-0.3, -0.25) is 4.79 Å². The lowest BCUT2D eigenvalue weighted by Crippen LogP contribution is -2.02. The van der Waals surface area contributed by atoms with Crippen LogP contribution in [0.2, 0.25) is 0 Å². The van der Waals surface area contributed by atoms with Crippen molar-refractivity contribution in [2.24, 2.45) is 5.92 Å². The Bertz CT molecular complexity index is 243. The van der Waals surface area contributed by atoms with Crippen molar-refractivity contribution in [3.63, 3.8) is 0 Å². The normalized spacial score (nSPS) is 12.4. The molecule has 0 aromatic rings. The number of allylic oxidation sites excluding steroid dienone is 1. The number of rotatable bonds is 5. The molecule has 0 radical (unpaired) electrons. The van der Waals surface area contributed by atoms with Crippen LogP contribution >= 0.6 is 0 Å². The van der Waals surface area contributed by atoms with E-state index in [1.165, 1.54) is 0 Å². The van der Waals surface area contributed by atoms with Crippen LogP contribution in [0.3, 0.4) is 0 Å². The summed E-state index contributed by atoms with van der Waals surface area (Å²) in [6.07, 6.45) is 3.73. The molecule has 0 saturated carbocycles. The first kappa shape index (κ1) is 17.1. The first-order valence-corrected chi connectivity index (χ1v) is 5.46. The van der Waals surface area contributed by atoms with Crippen LogP contribution in [0.15, 0.2) is 11.6 Å². The molecule has 0 bridgehead atoms. The third kappa shape index (κ3) is 12.7. The largest absolute Gasteiger partial charge is 0.481 e. The number of carboxylic acid groups (broad SMARTS) is 2. The van der Waals surface area contributed by atoms with Gasteiger partial charge in [0.1, 0.15) is 0 Å². The first-order valence-electron chi connectivity index (χ1n) is 5.46. The Kier molecular flexibility index (Phi) is 10.9. The molecule has 0 heterocycles. The van der Waals surface area contributed by atoms with Gasteiger partial charge < -0.3 is 10.2 Å². The molecule has 4 heteroatoms. The zero-order valence-corrected chi connectivity index (χ0v) is 10.5. The molecule has 0 amide bonds. The van der Waals surface area contributed by atoms with E-state index in [1.54, 1.807) is 13.0 Å². The van der Waals surface area contributed by atoms with Crippen molar-refractivity contribution in [3.8, 4) is 0 Å². The van der Waals surface area contributed by atoms with Crippen molar-refractivity contribution in [1.82, 2.24) is 0 Å². The molecule has 1 unspecified atom stereocenters. The number of hydrogen-bond acceptors (Lipinski definition) is 2. The summed E-state index contributed by atoms with van der Waals surface area (Å²) < 4.78 is 0. The van der Waals surface area contributed by atoms with E-state index in [1.807, 2.05) is 20.8 Å². The summed E-state index contributed by atoms with van der Waals surface area (Å²) in [4.78, 5) is 20.0. The average molecular weight is 230 g/mol. The smallest absolute Gasteiger partial charge is 0.330 e. The van der Waals surface area contributed by atoms with Crippen molar-refractivity contribution in [1.29, 1.82) is 0 Å². The fourth-order valence-electron chi connectivity index (χ4n) is 0.836. The molecule has 16 heavy (non-hydrogen) atoms. The highest BCUT2D eigenvalue weighted by Crippen LogP contribution is 2.04. The van der Waals surface area contributed by atoms with Gasteiger partial charge in [0.25, 0.3) is 0 Å². The van der Waals surface area contributed by atoms with Gasteiger partial charge in [0.15, 0.2) is 0 Å². The Morgan fingerprint density at radius 2 is 1.75 bits per heavy atom. The standard InChI is InChI=1S/C6H12O2.C6H10O2/c1-3-5(2)4-6(7)8;1-3-4-5(2)6(7)8/h5H,3-4H2,1-2H3,(H,7,8);4H,3H2,1-2H3,(H,7,8). The van der Waals surface area contributed by atoms with E-state index >= 15 is 0 Å². The van der Waals surface area contributed by atoms with Gasteiger partial charge in [-0.25, -0.2) is 4.79 Å². The summed E-state index contributed by atoms with van der Waals surface area (Å²) in [6, 6.07) is 0. The highest BCUT2D eigenvalue weighted by molar-refractivity contribution is 5.85. The molecule has 0 aromatic heterocycles. The summed E-state index contributed by atoms with van der Waals surface area (Å²) in [6.45, 7) is 7.43. The third-order valence-corrected chi connectivity index (χ3v) is 2.07. The van der Waals surface area contributed by atoms with Crippen molar-refractivity contribution >= 4 is 11.9 Å². The minimum Gasteiger partial charge on any atom is -0.481 e. The lowest BCUT2D eigenvalue weighted by molar-refractivity contribution is -0.138. The van der Waals surface area contributed by atoms with Gasteiger partial charge in [-0.15, -0.1) is 0 Å². The molecule has 4 nitrogen and oxygen atoms in total. The van der Waals surface area contributed by atoms with Gasteiger partial charge in [-0.2, -0.15) is 0 Å². The topological polar surface area (TPSA) is 74.6 Å². The number of carbonyl (C=O) groups is 2. The fourth-order valence-corrected chi connectivity index (χ4v) is 0.836. The van der Waals surface area contributed by atoms with Crippen molar-refractivity contribution in [3.05, 3.63) is 11.6 Å². The molecule has 0 rings (SSSR count). The molecule has 0 spiro atoms. The minimum absolute atomic E-state index is 0.302. The molecule has 0 aliphatic rings. The molecule has 0 aliphatic heterocycles. The summed E-state index contributed by atoms with van der Waals surface area (Å²) in [5, 5.41) is 16.5. The van der Waals surface area contributed by atoms with Gasteiger partial charge in [0.05, 0.1) is 0 Å². The summed E-state index contributed by atoms with van der Waals surface area (Å²) >= 11 is 0. The van der Waals surface area contributed by atoms with E-state index in [2.05, 4.69) is 0 Å². The van der Waals surface area contributed by atoms with Crippen LogP contribution < -0.4 is 0 Å². The fraction of sp³-hybridized carbons (Fsp3) is 0.667. The Hall–Kier alpha value is -1.32. The predicted molar refractivity (Wildman–Crippen MR) is 63.4 cm³/mol. The second-order valence-electron chi connectivity index (χ2n) is 3.71. The van der Waals surface area contributed by atoms with E-state index < -0.39 is 11.9 Å². The quantitative estimate of drug-likeness (QED) is 0.712. The molecule has 94 valence electrons. The molecule has 0 aliphatic carbocycles. The Morgan fingerprint density at radius 3 is 1.88 bits per heavy atom. The molecule has 1 atom stereocenters. The lowest BCUT2D eigenvalue weighted by Gasteiger charge is -2.00. The van der Waals surface area contributed by atoms with Crippen LogP contribution in [-0.2, 0) is 9.59 Å². The predicted octanol–water partition coefficient (Wildman–Crippen LogP) is 2.93. The number of hydrogen-bond donors (Lipinski definition) is 2. The average Bonchev–Trinajstić information content (AvgIpc) is 2.18. The van der Waals surface area contributed by atoms with Crippen LogP contribution in [0.5, 0.6) is 0 Å². The highest BCUT2D eigenvalue weighted by Gasteiger charge is 2.02. The zero-order valence-electron chi connectivity index (χ0n) is 10.5. The number of carboxylic acids is 2. The first-order chi connectivity index (χ1) is 7.34. The van der Waals surface area contributed by atoms with Crippen molar-refractivity contribution in [2.75, 3.05) is 0 Å². The lowest BCUT2D eigenvalue weighted by atomic mass is 10.1. The summed E-state index contributed by atoms with van der Waals surface area (Å²) in [7, 11) is 0. The van der Waals surface area contributed by atoms with Crippen molar-refractivity contribution in [2.45, 2.75) is 47.0 Å². The van der Waals surface area contributed by atoms with Crippen LogP contribution in [-0.4, -0.2) is 22.2 Å². The van der Waals surface area contributed by atoms with E-state index in [4.69, 9.17) is 10.2 Å². The van der Waals surface area contributed by atoms with Crippen LogP contribution in [0, 0.1) is 5.92 Å². The van der Waals surface area contributed by atoms with Gasteiger partial charge in [0, 0.05) is 12.0 Å². The third-order valence-electron chi connectivity index (χ3n) is 2.07. The molecule has 0 saturated heterocycles. The zero-order chi connectivity index (χ0) is 13.1. The van der Waals surface area contributed by atoms with Crippen LogP contribution in [0.25, 0.3) is 0 Å². The Balaban J connectivity index is 0. The summed E-state index contributed by atoms with van der Waals surface area (Å²) in [5.41, 5.74) is 0.424. The van der Waals surface area contributed by atoms with E-state index in [0.717, 1.165) is 12.8 Å². The van der Waals surface area contributed by atoms with Gasteiger partial charge in [-0.1, -0.05) is 33.3 Å².